The summed E-state index contributed by atoms with van der Waals surface area (Å²) in [7, 11) is 1.58. The second kappa shape index (κ2) is 12.7. The fourth-order valence-corrected chi connectivity index (χ4v) is 4.24. The van der Waals surface area contributed by atoms with Crippen molar-refractivity contribution in [3.63, 3.8) is 0 Å². The Morgan fingerprint density at radius 2 is 1.95 bits per heavy atom. The fraction of sp³-hybridized carbons (Fsp3) is 0.467. The largest absolute Gasteiger partial charge is 0.493 e. The van der Waals surface area contributed by atoms with Gasteiger partial charge in [0.05, 0.1) is 19.7 Å². The van der Waals surface area contributed by atoms with E-state index in [2.05, 4.69) is 37.9 Å². The van der Waals surface area contributed by atoms with E-state index >= 15 is 0 Å². The van der Waals surface area contributed by atoms with E-state index in [1.165, 1.54) is 5.56 Å². The highest BCUT2D eigenvalue weighted by Gasteiger charge is 2.38. The Hall–Kier alpha value is -3.68. The zero-order chi connectivity index (χ0) is 27.9. The lowest BCUT2D eigenvalue weighted by atomic mass is 10.00. The quantitative estimate of drug-likeness (QED) is 0.372. The first-order chi connectivity index (χ1) is 18.0. The van der Waals surface area contributed by atoms with Crippen LogP contribution in [0.1, 0.15) is 57.2 Å². The molecule has 3 rings (SSSR count). The van der Waals surface area contributed by atoms with Crippen molar-refractivity contribution >= 4 is 12.2 Å². The molecular formula is C30H40N2O6. The highest BCUT2D eigenvalue weighted by atomic mass is 16.6. The van der Waals surface area contributed by atoms with Crippen molar-refractivity contribution in [3.8, 4) is 11.5 Å². The number of carbonyl (C=O) groups excluding carboxylic acids is 2. The van der Waals surface area contributed by atoms with Crippen LogP contribution in [0.15, 0.2) is 55.1 Å². The molecule has 8 heteroatoms. The summed E-state index contributed by atoms with van der Waals surface area (Å²) < 4.78 is 22.4. The summed E-state index contributed by atoms with van der Waals surface area (Å²) in [5, 5.41) is 2.93. The van der Waals surface area contributed by atoms with Crippen LogP contribution in [0, 0.1) is 0 Å². The topological polar surface area (TPSA) is 86.3 Å². The van der Waals surface area contributed by atoms with Gasteiger partial charge in [-0.05, 0) is 61.9 Å². The lowest BCUT2D eigenvalue weighted by Crippen LogP contribution is -2.48. The van der Waals surface area contributed by atoms with Crippen LogP contribution in [0.5, 0.6) is 11.5 Å². The van der Waals surface area contributed by atoms with E-state index in [9.17, 15) is 9.59 Å². The summed E-state index contributed by atoms with van der Waals surface area (Å²) in [4.78, 5) is 27.3. The number of cyclic esters (lactones) is 1. The molecule has 1 fully saturated rings. The van der Waals surface area contributed by atoms with Crippen LogP contribution in [0.3, 0.4) is 0 Å². The van der Waals surface area contributed by atoms with Crippen LogP contribution in [0.4, 0.5) is 9.59 Å². The molecule has 0 saturated carbocycles. The van der Waals surface area contributed by atoms with Crippen molar-refractivity contribution in [2.45, 2.75) is 71.2 Å². The van der Waals surface area contributed by atoms with Crippen LogP contribution < -0.4 is 14.8 Å². The molecule has 38 heavy (non-hydrogen) atoms. The van der Waals surface area contributed by atoms with E-state index in [0.29, 0.717) is 43.5 Å². The molecule has 2 aromatic carbocycles. The van der Waals surface area contributed by atoms with Crippen LogP contribution in [-0.2, 0) is 22.4 Å². The maximum atomic E-state index is 12.8. The van der Waals surface area contributed by atoms with Gasteiger partial charge in [-0.15, -0.1) is 0 Å². The third-order valence-electron chi connectivity index (χ3n) is 6.09. The standard InChI is InChI=1S/C30H40N2O6/c1-8-14-36-26-17-21(12-13-25(26)35-7)16-24(31-28(33)38-30(4,5)6)27-19-32(29(34)37-27)18-22-10-9-11-23(15-22)20(2)3/h8-13,15,17,20,24,27H,1,14,16,18-19H2,2-7H3,(H,31,33)/t24-,27?/m0/s1. The number of alkyl carbamates (subject to hydrolysis) is 1. The SMILES string of the molecule is C=CCOc1cc(C[C@H](NC(=O)OC(C)(C)C)C2CN(Cc3cccc(C(C)C)c3)C(=O)O2)ccc1OC. The molecule has 0 spiro atoms. The first-order valence-electron chi connectivity index (χ1n) is 12.9. The van der Waals surface area contributed by atoms with Gasteiger partial charge >= 0.3 is 12.2 Å². The molecule has 2 amide bonds. The number of methoxy groups -OCH3 is 1. The Morgan fingerprint density at radius 1 is 1.18 bits per heavy atom. The van der Waals surface area contributed by atoms with Crippen LogP contribution in [0.25, 0.3) is 0 Å². The second-order valence-electron chi connectivity index (χ2n) is 10.7. The lowest BCUT2D eigenvalue weighted by Gasteiger charge is -2.26. The van der Waals surface area contributed by atoms with Gasteiger partial charge in [-0.1, -0.05) is 56.8 Å². The van der Waals surface area contributed by atoms with E-state index in [4.69, 9.17) is 18.9 Å². The molecule has 206 valence electrons. The van der Waals surface area contributed by atoms with Gasteiger partial charge in [0.25, 0.3) is 0 Å². The predicted octanol–water partition coefficient (Wildman–Crippen LogP) is 5.84. The molecule has 1 unspecified atom stereocenters. The molecule has 0 aliphatic carbocycles. The molecule has 8 nitrogen and oxygen atoms in total. The van der Waals surface area contributed by atoms with Gasteiger partial charge < -0.3 is 29.2 Å². The van der Waals surface area contributed by atoms with Crippen LogP contribution in [-0.4, -0.2) is 55.1 Å². The first-order valence-corrected chi connectivity index (χ1v) is 12.9. The zero-order valence-electron chi connectivity index (χ0n) is 23.3. The number of carbonyl (C=O) groups is 2. The zero-order valence-corrected chi connectivity index (χ0v) is 23.3. The third kappa shape index (κ3) is 8.16. The van der Waals surface area contributed by atoms with Crippen molar-refractivity contribution in [1.82, 2.24) is 10.2 Å². The Bertz CT molecular complexity index is 1120. The summed E-state index contributed by atoms with van der Waals surface area (Å²) in [6.45, 7) is 14.5. The predicted molar refractivity (Wildman–Crippen MR) is 147 cm³/mol. The number of amides is 2. The van der Waals surface area contributed by atoms with Gasteiger partial charge in [-0.25, -0.2) is 9.59 Å². The number of ether oxygens (including phenoxy) is 4. The number of nitrogens with one attached hydrogen (secondary N) is 1. The molecule has 0 bridgehead atoms. The average molecular weight is 525 g/mol. The molecule has 1 saturated heterocycles. The minimum atomic E-state index is -0.666. The highest BCUT2D eigenvalue weighted by molar-refractivity contribution is 5.71. The van der Waals surface area contributed by atoms with Crippen molar-refractivity contribution in [2.24, 2.45) is 0 Å². The number of rotatable bonds is 11. The summed E-state index contributed by atoms with van der Waals surface area (Å²) in [6.07, 6.45) is 0.497. The van der Waals surface area contributed by atoms with E-state index < -0.39 is 29.9 Å². The smallest absolute Gasteiger partial charge is 0.410 e. The molecule has 0 radical (unpaired) electrons. The van der Waals surface area contributed by atoms with Gasteiger partial charge in [-0.2, -0.15) is 0 Å². The van der Waals surface area contributed by atoms with E-state index in [-0.39, 0.29) is 0 Å². The summed E-state index contributed by atoms with van der Waals surface area (Å²) >= 11 is 0. The number of benzene rings is 2. The fourth-order valence-electron chi connectivity index (χ4n) is 4.24. The third-order valence-corrected chi connectivity index (χ3v) is 6.09. The molecular weight excluding hydrogens is 484 g/mol. The van der Waals surface area contributed by atoms with Crippen molar-refractivity contribution in [1.29, 1.82) is 0 Å². The molecule has 2 aromatic rings. The highest BCUT2D eigenvalue weighted by Crippen LogP contribution is 2.30. The van der Waals surface area contributed by atoms with Gasteiger partial charge in [0, 0.05) is 6.54 Å². The van der Waals surface area contributed by atoms with Crippen molar-refractivity contribution < 1.29 is 28.5 Å². The van der Waals surface area contributed by atoms with Crippen molar-refractivity contribution in [2.75, 3.05) is 20.3 Å². The van der Waals surface area contributed by atoms with E-state index in [1.807, 2.05) is 30.3 Å². The minimum Gasteiger partial charge on any atom is -0.493 e. The Labute approximate surface area is 225 Å². The van der Waals surface area contributed by atoms with Gasteiger partial charge in [0.1, 0.15) is 18.3 Å². The summed E-state index contributed by atoms with van der Waals surface area (Å²) in [6, 6.07) is 13.3. The maximum absolute atomic E-state index is 12.8. The summed E-state index contributed by atoms with van der Waals surface area (Å²) in [5.74, 6) is 1.55. The van der Waals surface area contributed by atoms with Gasteiger partial charge in [0.15, 0.2) is 11.5 Å². The molecule has 2 atom stereocenters. The monoisotopic (exact) mass is 524 g/mol. The van der Waals surface area contributed by atoms with Crippen molar-refractivity contribution in [3.05, 3.63) is 71.8 Å². The van der Waals surface area contributed by atoms with E-state index in [0.717, 1.165) is 11.1 Å². The molecule has 1 aliphatic heterocycles. The first kappa shape index (κ1) is 28.9. The number of hydrogen-bond acceptors (Lipinski definition) is 6. The average Bonchev–Trinajstić information content (AvgIpc) is 3.21. The van der Waals surface area contributed by atoms with Crippen LogP contribution in [0.2, 0.25) is 0 Å². The lowest BCUT2D eigenvalue weighted by molar-refractivity contribution is 0.0436. The summed E-state index contributed by atoms with van der Waals surface area (Å²) in [5.41, 5.74) is 2.46. The molecule has 0 aromatic heterocycles. The Balaban J connectivity index is 1.80. The molecule has 1 N–H and O–H groups in total. The van der Waals surface area contributed by atoms with E-state index in [1.54, 1.807) is 38.9 Å². The second-order valence-corrected chi connectivity index (χ2v) is 10.7. The maximum Gasteiger partial charge on any atom is 0.410 e. The number of hydrogen-bond donors (Lipinski definition) is 1. The van der Waals surface area contributed by atoms with Gasteiger partial charge in [0.2, 0.25) is 0 Å². The molecule has 1 heterocycles. The van der Waals surface area contributed by atoms with Crippen LogP contribution >= 0.6 is 0 Å². The molecule has 1 aliphatic rings. The Kier molecular flexibility index (Phi) is 9.66. The number of nitrogens with zero attached hydrogens (tertiary/aromatic N) is 1. The Morgan fingerprint density at radius 3 is 2.61 bits per heavy atom. The normalized spacial score (nSPS) is 16.1. The van der Waals surface area contributed by atoms with Gasteiger partial charge in [-0.3, -0.25) is 0 Å². The minimum absolute atomic E-state index is 0.326.